The van der Waals surface area contributed by atoms with E-state index in [1.807, 2.05) is 13.0 Å². The van der Waals surface area contributed by atoms with Crippen molar-refractivity contribution in [1.29, 1.82) is 0 Å². The van der Waals surface area contributed by atoms with E-state index in [9.17, 15) is 9.18 Å². The molecule has 1 heterocycles. The zero-order chi connectivity index (χ0) is 17.8. The number of aromatic nitrogens is 2. The molecule has 0 saturated carbocycles. The van der Waals surface area contributed by atoms with Crippen LogP contribution < -0.4 is 4.74 Å². The Morgan fingerprint density at radius 1 is 1.12 bits per heavy atom. The molecule has 6 heteroatoms. The molecule has 0 bridgehead atoms. The monoisotopic (exact) mass is 340 g/mol. The number of ether oxygens (including phenoxy) is 2. The summed E-state index contributed by atoms with van der Waals surface area (Å²) in [5.74, 6) is -0.299. The number of carbonyl (C=O) groups excluding carboxylic acids is 1. The van der Waals surface area contributed by atoms with Gasteiger partial charge >= 0.3 is 5.97 Å². The van der Waals surface area contributed by atoms with E-state index in [1.165, 1.54) is 18.5 Å². The summed E-state index contributed by atoms with van der Waals surface area (Å²) < 4.78 is 23.7. The Kier molecular flexibility index (Phi) is 4.88. The number of benzene rings is 2. The van der Waals surface area contributed by atoms with Crippen molar-refractivity contribution in [3.63, 3.8) is 0 Å². The standard InChI is InChI=1S/C19H17FN2O3/c1-3-24-18(23)10-25-17-9-14(13-4-6-15(20)7-5-13)8-16-12(2)21-11-22-19(16)17/h4-9,11H,3,10H2,1-2H3. The lowest BCUT2D eigenvalue weighted by Gasteiger charge is -2.12. The fourth-order valence-electron chi connectivity index (χ4n) is 2.52. The van der Waals surface area contributed by atoms with Crippen LogP contribution in [0.5, 0.6) is 5.75 Å². The van der Waals surface area contributed by atoms with Crippen LogP contribution in [-0.2, 0) is 9.53 Å². The molecule has 25 heavy (non-hydrogen) atoms. The van der Waals surface area contributed by atoms with Gasteiger partial charge in [-0.3, -0.25) is 0 Å². The van der Waals surface area contributed by atoms with Crippen molar-refractivity contribution < 1.29 is 18.7 Å². The van der Waals surface area contributed by atoms with Crippen molar-refractivity contribution >= 4 is 16.9 Å². The second-order valence-electron chi connectivity index (χ2n) is 5.43. The van der Waals surface area contributed by atoms with Crippen molar-refractivity contribution in [2.45, 2.75) is 13.8 Å². The zero-order valence-electron chi connectivity index (χ0n) is 14.0. The minimum absolute atomic E-state index is 0.209. The van der Waals surface area contributed by atoms with Crippen LogP contribution in [0.4, 0.5) is 4.39 Å². The second kappa shape index (κ2) is 7.25. The highest BCUT2D eigenvalue weighted by Crippen LogP contribution is 2.32. The number of fused-ring (bicyclic) bond motifs is 1. The summed E-state index contributed by atoms with van der Waals surface area (Å²) in [5.41, 5.74) is 3.05. The summed E-state index contributed by atoms with van der Waals surface area (Å²) in [4.78, 5) is 20.1. The molecule has 0 spiro atoms. The van der Waals surface area contributed by atoms with E-state index in [-0.39, 0.29) is 12.4 Å². The average Bonchev–Trinajstić information content (AvgIpc) is 2.61. The van der Waals surface area contributed by atoms with Crippen LogP contribution in [0.25, 0.3) is 22.0 Å². The number of nitrogens with zero attached hydrogens (tertiary/aromatic N) is 2. The van der Waals surface area contributed by atoms with Crippen molar-refractivity contribution in [1.82, 2.24) is 9.97 Å². The molecule has 0 N–H and O–H groups in total. The van der Waals surface area contributed by atoms with Gasteiger partial charge in [-0.15, -0.1) is 0 Å². The first kappa shape index (κ1) is 16.8. The van der Waals surface area contributed by atoms with Crippen molar-refractivity contribution in [3.05, 3.63) is 54.2 Å². The molecule has 0 aliphatic carbocycles. The maximum atomic E-state index is 13.2. The van der Waals surface area contributed by atoms with Crippen LogP contribution in [0.3, 0.4) is 0 Å². The van der Waals surface area contributed by atoms with E-state index in [1.54, 1.807) is 25.1 Å². The number of aryl methyl sites for hydroxylation is 1. The van der Waals surface area contributed by atoms with E-state index in [2.05, 4.69) is 9.97 Å². The van der Waals surface area contributed by atoms with Crippen LogP contribution in [0.15, 0.2) is 42.7 Å². The first-order valence-electron chi connectivity index (χ1n) is 7.88. The third-order valence-corrected chi connectivity index (χ3v) is 3.73. The Labute approximate surface area is 144 Å². The highest BCUT2D eigenvalue weighted by molar-refractivity contribution is 5.91. The first-order valence-corrected chi connectivity index (χ1v) is 7.88. The first-order chi connectivity index (χ1) is 12.1. The SMILES string of the molecule is CCOC(=O)COc1cc(-c2ccc(F)cc2)cc2c(C)ncnc12. The molecule has 1 aromatic heterocycles. The van der Waals surface area contributed by atoms with Gasteiger partial charge in [0.05, 0.1) is 6.61 Å². The number of esters is 1. The van der Waals surface area contributed by atoms with Crippen LogP contribution in [0.1, 0.15) is 12.6 Å². The number of halogens is 1. The molecule has 0 radical (unpaired) electrons. The molecule has 0 fully saturated rings. The summed E-state index contributed by atoms with van der Waals surface area (Å²) in [6, 6.07) is 9.87. The third kappa shape index (κ3) is 3.74. The lowest BCUT2D eigenvalue weighted by molar-refractivity contribution is -0.145. The maximum absolute atomic E-state index is 13.2. The lowest BCUT2D eigenvalue weighted by Crippen LogP contribution is -2.14. The summed E-state index contributed by atoms with van der Waals surface area (Å²) in [6.07, 6.45) is 1.45. The zero-order valence-corrected chi connectivity index (χ0v) is 14.0. The van der Waals surface area contributed by atoms with E-state index < -0.39 is 5.97 Å². The van der Waals surface area contributed by atoms with Gasteiger partial charge in [-0.05, 0) is 49.2 Å². The molecule has 128 valence electrons. The van der Waals surface area contributed by atoms with Gasteiger partial charge in [0.15, 0.2) is 6.61 Å². The van der Waals surface area contributed by atoms with E-state index >= 15 is 0 Å². The molecule has 0 amide bonds. The van der Waals surface area contributed by atoms with Gasteiger partial charge in [0.1, 0.15) is 23.4 Å². The average molecular weight is 340 g/mol. The highest BCUT2D eigenvalue weighted by Gasteiger charge is 2.12. The molecule has 0 atom stereocenters. The Morgan fingerprint density at radius 2 is 1.88 bits per heavy atom. The predicted octanol–water partition coefficient (Wildman–Crippen LogP) is 3.69. The summed E-state index contributed by atoms with van der Waals surface area (Å²) in [7, 11) is 0. The summed E-state index contributed by atoms with van der Waals surface area (Å²) in [5, 5.41) is 0.809. The van der Waals surface area contributed by atoms with Crippen molar-refractivity contribution in [2.24, 2.45) is 0 Å². The fraction of sp³-hybridized carbons (Fsp3) is 0.211. The fourth-order valence-corrected chi connectivity index (χ4v) is 2.52. The van der Waals surface area contributed by atoms with Gasteiger partial charge in [0.25, 0.3) is 0 Å². The second-order valence-corrected chi connectivity index (χ2v) is 5.43. The van der Waals surface area contributed by atoms with Crippen LogP contribution in [0.2, 0.25) is 0 Å². The number of rotatable bonds is 5. The van der Waals surface area contributed by atoms with Gasteiger partial charge in [-0.1, -0.05) is 12.1 Å². The molecule has 3 aromatic rings. The van der Waals surface area contributed by atoms with Crippen LogP contribution in [-0.4, -0.2) is 29.2 Å². The quantitative estimate of drug-likeness (QED) is 0.663. The number of carbonyl (C=O) groups is 1. The van der Waals surface area contributed by atoms with Gasteiger partial charge in [0, 0.05) is 11.1 Å². The molecule has 0 saturated heterocycles. The number of hydrogen-bond acceptors (Lipinski definition) is 5. The Morgan fingerprint density at radius 3 is 2.60 bits per heavy atom. The molecule has 0 aliphatic rings. The smallest absolute Gasteiger partial charge is 0.344 e. The van der Waals surface area contributed by atoms with Gasteiger partial charge < -0.3 is 9.47 Å². The topological polar surface area (TPSA) is 61.3 Å². The Balaban J connectivity index is 2.05. The van der Waals surface area contributed by atoms with E-state index in [0.29, 0.717) is 17.9 Å². The minimum Gasteiger partial charge on any atom is -0.480 e. The minimum atomic E-state index is -0.450. The molecule has 0 unspecified atom stereocenters. The Bertz CT molecular complexity index is 910. The van der Waals surface area contributed by atoms with Gasteiger partial charge in [0.2, 0.25) is 0 Å². The summed E-state index contributed by atoms with van der Waals surface area (Å²) in [6.45, 7) is 3.69. The lowest BCUT2D eigenvalue weighted by atomic mass is 10.0. The molecular weight excluding hydrogens is 323 g/mol. The van der Waals surface area contributed by atoms with Crippen molar-refractivity contribution in [2.75, 3.05) is 13.2 Å². The third-order valence-electron chi connectivity index (χ3n) is 3.73. The summed E-state index contributed by atoms with van der Waals surface area (Å²) >= 11 is 0. The molecule has 3 rings (SSSR count). The molecule has 2 aromatic carbocycles. The van der Waals surface area contributed by atoms with E-state index in [0.717, 1.165) is 22.2 Å². The molecule has 0 aliphatic heterocycles. The molecular formula is C19H17FN2O3. The Hall–Kier alpha value is -3.02. The largest absolute Gasteiger partial charge is 0.480 e. The van der Waals surface area contributed by atoms with Gasteiger partial charge in [-0.25, -0.2) is 19.2 Å². The van der Waals surface area contributed by atoms with Gasteiger partial charge in [-0.2, -0.15) is 0 Å². The molecule has 5 nitrogen and oxygen atoms in total. The number of hydrogen-bond donors (Lipinski definition) is 0. The predicted molar refractivity (Wildman–Crippen MR) is 91.8 cm³/mol. The van der Waals surface area contributed by atoms with Crippen molar-refractivity contribution in [3.8, 4) is 16.9 Å². The van der Waals surface area contributed by atoms with Crippen LogP contribution >= 0.6 is 0 Å². The highest BCUT2D eigenvalue weighted by atomic mass is 19.1. The normalized spacial score (nSPS) is 10.7. The van der Waals surface area contributed by atoms with Crippen LogP contribution in [0, 0.1) is 12.7 Å². The maximum Gasteiger partial charge on any atom is 0.344 e. The van der Waals surface area contributed by atoms with E-state index in [4.69, 9.17) is 9.47 Å².